The Morgan fingerprint density at radius 2 is 1.85 bits per heavy atom. The molecule has 0 aliphatic rings. The van der Waals surface area contributed by atoms with Crippen LogP contribution in [0.2, 0.25) is 0 Å². The number of aromatic nitrogens is 2. The van der Waals surface area contributed by atoms with Gasteiger partial charge in [0.1, 0.15) is 0 Å². The molecule has 1 aromatic heterocycles. The molecule has 0 aliphatic carbocycles. The van der Waals surface area contributed by atoms with Gasteiger partial charge in [-0.2, -0.15) is 5.10 Å². The largest absolute Gasteiger partial charge is 0.317 e. The van der Waals surface area contributed by atoms with Gasteiger partial charge in [-0.3, -0.25) is 4.68 Å². The van der Waals surface area contributed by atoms with Crippen molar-refractivity contribution in [3.8, 4) is 0 Å². The summed E-state index contributed by atoms with van der Waals surface area (Å²) in [4.78, 5) is 0. The fraction of sp³-hybridized carbons (Fsp3) is 0.471. The summed E-state index contributed by atoms with van der Waals surface area (Å²) >= 11 is 0. The molecule has 0 fully saturated rings. The summed E-state index contributed by atoms with van der Waals surface area (Å²) in [6.45, 7) is 7.31. The van der Waals surface area contributed by atoms with Crippen LogP contribution in [0.1, 0.15) is 25.0 Å². The van der Waals surface area contributed by atoms with Crippen LogP contribution in [-0.2, 0) is 19.4 Å². The molecule has 0 aliphatic heterocycles. The fourth-order valence-corrected chi connectivity index (χ4v) is 2.53. The number of nitrogens with one attached hydrogen (secondary N) is 1. The lowest BCUT2D eigenvalue weighted by atomic mass is 9.93. The third kappa shape index (κ3) is 4.49. The van der Waals surface area contributed by atoms with E-state index in [4.69, 9.17) is 0 Å². The van der Waals surface area contributed by atoms with Crippen molar-refractivity contribution in [3.63, 3.8) is 0 Å². The van der Waals surface area contributed by atoms with E-state index in [1.54, 1.807) is 0 Å². The summed E-state index contributed by atoms with van der Waals surface area (Å²) in [5, 5.41) is 7.85. The summed E-state index contributed by atoms with van der Waals surface area (Å²) in [5.41, 5.74) is 2.75. The van der Waals surface area contributed by atoms with Crippen LogP contribution in [-0.4, -0.2) is 22.9 Å². The van der Waals surface area contributed by atoms with E-state index < -0.39 is 0 Å². The number of nitrogens with zero attached hydrogens (tertiary/aromatic N) is 2. The van der Waals surface area contributed by atoms with Crippen LogP contribution >= 0.6 is 0 Å². The molecule has 1 heterocycles. The van der Waals surface area contributed by atoms with Gasteiger partial charge in [0.05, 0.1) is 6.20 Å². The van der Waals surface area contributed by atoms with Crippen LogP contribution in [0.15, 0.2) is 42.7 Å². The molecule has 3 nitrogen and oxygen atoms in total. The Balaban J connectivity index is 1.99. The van der Waals surface area contributed by atoms with Crippen molar-refractivity contribution in [2.45, 2.75) is 33.2 Å². The van der Waals surface area contributed by atoms with Gasteiger partial charge in [-0.25, -0.2) is 0 Å². The molecule has 1 unspecified atom stereocenters. The first kappa shape index (κ1) is 14.8. The van der Waals surface area contributed by atoms with Crippen LogP contribution in [0.4, 0.5) is 0 Å². The van der Waals surface area contributed by atoms with Gasteiger partial charge in [0.25, 0.3) is 0 Å². The van der Waals surface area contributed by atoms with E-state index in [1.165, 1.54) is 11.1 Å². The Kier molecular flexibility index (Phi) is 5.81. The van der Waals surface area contributed by atoms with Gasteiger partial charge in [-0.15, -0.1) is 0 Å². The SMILES string of the molecule is CCNCC(Cc1ccccc1)Cc1cnn(CC)c1. The summed E-state index contributed by atoms with van der Waals surface area (Å²) in [5.74, 6) is 0.617. The number of rotatable bonds is 8. The molecule has 0 saturated heterocycles. The summed E-state index contributed by atoms with van der Waals surface area (Å²) < 4.78 is 2.00. The molecule has 0 bridgehead atoms. The van der Waals surface area contributed by atoms with E-state index in [2.05, 4.69) is 60.8 Å². The molecule has 1 aromatic carbocycles. The smallest absolute Gasteiger partial charge is 0.0521 e. The van der Waals surface area contributed by atoms with Crippen molar-refractivity contribution < 1.29 is 0 Å². The number of aryl methyl sites for hydroxylation is 1. The van der Waals surface area contributed by atoms with Crippen molar-refractivity contribution in [2.75, 3.05) is 13.1 Å². The molecule has 2 rings (SSSR count). The Hall–Kier alpha value is -1.61. The van der Waals surface area contributed by atoms with Crippen molar-refractivity contribution in [1.82, 2.24) is 15.1 Å². The first-order chi connectivity index (χ1) is 9.81. The molecule has 1 N–H and O–H groups in total. The van der Waals surface area contributed by atoms with Gasteiger partial charge < -0.3 is 5.32 Å². The normalized spacial score (nSPS) is 12.5. The zero-order valence-corrected chi connectivity index (χ0v) is 12.5. The second kappa shape index (κ2) is 7.85. The minimum absolute atomic E-state index is 0.617. The summed E-state index contributed by atoms with van der Waals surface area (Å²) in [6.07, 6.45) is 6.38. The molecule has 20 heavy (non-hydrogen) atoms. The Labute approximate surface area is 122 Å². The molecule has 3 heteroatoms. The number of hydrogen-bond donors (Lipinski definition) is 1. The van der Waals surface area contributed by atoms with E-state index in [-0.39, 0.29) is 0 Å². The van der Waals surface area contributed by atoms with E-state index in [9.17, 15) is 0 Å². The van der Waals surface area contributed by atoms with Gasteiger partial charge in [0.2, 0.25) is 0 Å². The standard InChI is InChI=1S/C17H25N3/c1-3-18-12-16(10-15-8-6-5-7-9-15)11-17-13-19-20(4-2)14-17/h5-9,13-14,16,18H,3-4,10-12H2,1-2H3. The third-order valence-electron chi connectivity index (χ3n) is 3.59. The highest BCUT2D eigenvalue weighted by Gasteiger charge is 2.11. The second-order valence-electron chi connectivity index (χ2n) is 5.27. The lowest BCUT2D eigenvalue weighted by Gasteiger charge is -2.16. The molecule has 0 spiro atoms. The zero-order chi connectivity index (χ0) is 14.2. The topological polar surface area (TPSA) is 29.9 Å². The monoisotopic (exact) mass is 271 g/mol. The highest BCUT2D eigenvalue weighted by atomic mass is 15.3. The maximum Gasteiger partial charge on any atom is 0.0521 e. The minimum atomic E-state index is 0.617. The van der Waals surface area contributed by atoms with E-state index >= 15 is 0 Å². The average Bonchev–Trinajstić information content (AvgIpc) is 2.93. The van der Waals surface area contributed by atoms with Crippen molar-refractivity contribution in [1.29, 1.82) is 0 Å². The highest BCUT2D eigenvalue weighted by molar-refractivity contribution is 5.16. The first-order valence-corrected chi connectivity index (χ1v) is 7.57. The maximum absolute atomic E-state index is 4.37. The van der Waals surface area contributed by atoms with Gasteiger partial charge in [0.15, 0.2) is 0 Å². The predicted molar refractivity (Wildman–Crippen MR) is 83.8 cm³/mol. The quantitative estimate of drug-likeness (QED) is 0.800. The van der Waals surface area contributed by atoms with Crippen LogP contribution in [0.3, 0.4) is 0 Å². The molecule has 0 amide bonds. The molecule has 2 aromatic rings. The highest BCUT2D eigenvalue weighted by Crippen LogP contribution is 2.14. The molecule has 0 radical (unpaired) electrons. The zero-order valence-electron chi connectivity index (χ0n) is 12.5. The Bertz CT molecular complexity index is 490. The first-order valence-electron chi connectivity index (χ1n) is 7.57. The van der Waals surface area contributed by atoms with Crippen LogP contribution < -0.4 is 5.32 Å². The van der Waals surface area contributed by atoms with Crippen molar-refractivity contribution >= 4 is 0 Å². The molecule has 108 valence electrons. The van der Waals surface area contributed by atoms with Gasteiger partial charge in [0, 0.05) is 12.7 Å². The maximum atomic E-state index is 4.37. The number of hydrogen-bond acceptors (Lipinski definition) is 2. The lowest BCUT2D eigenvalue weighted by Crippen LogP contribution is -2.25. The van der Waals surface area contributed by atoms with Crippen LogP contribution in [0, 0.1) is 5.92 Å². The second-order valence-corrected chi connectivity index (χ2v) is 5.27. The van der Waals surface area contributed by atoms with Gasteiger partial charge in [-0.05, 0) is 49.9 Å². The Morgan fingerprint density at radius 3 is 2.50 bits per heavy atom. The lowest BCUT2D eigenvalue weighted by molar-refractivity contribution is 0.478. The third-order valence-corrected chi connectivity index (χ3v) is 3.59. The summed E-state index contributed by atoms with van der Waals surface area (Å²) in [7, 11) is 0. The van der Waals surface area contributed by atoms with Crippen molar-refractivity contribution in [3.05, 3.63) is 53.9 Å². The van der Waals surface area contributed by atoms with Crippen LogP contribution in [0.5, 0.6) is 0 Å². The van der Waals surface area contributed by atoms with E-state index in [0.717, 1.165) is 32.5 Å². The van der Waals surface area contributed by atoms with Gasteiger partial charge >= 0.3 is 0 Å². The molecular formula is C17H25N3. The van der Waals surface area contributed by atoms with Crippen molar-refractivity contribution in [2.24, 2.45) is 5.92 Å². The minimum Gasteiger partial charge on any atom is -0.317 e. The van der Waals surface area contributed by atoms with Crippen LogP contribution in [0.25, 0.3) is 0 Å². The molecular weight excluding hydrogens is 246 g/mol. The predicted octanol–water partition coefficient (Wildman–Crippen LogP) is 2.91. The fourth-order valence-electron chi connectivity index (χ4n) is 2.53. The number of benzene rings is 1. The average molecular weight is 271 g/mol. The Morgan fingerprint density at radius 1 is 1.10 bits per heavy atom. The van der Waals surface area contributed by atoms with E-state index in [1.807, 2.05) is 10.9 Å². The summed E-state index contributed by atoms with van der Waals surface area (Å²) in [6, 6.07) is 10.8. The molecule has 0 saturated carbocycles. The molecule has 1 atom stereocenters. The van der Waals surface area contributed by atoms with E-state index in [0.29, 0.717) is 5.92 Å². The van der Waals surface area contributed by atoms with Gasteiger partial charge in [-0.1, -0.05) is 37.3 Å².